The molecule has 3 rings (SSSR count). The van der Waals surface area contributed by atoms with Gasteiger partial charge in [-0.2, -0.15) is 5.26 Å². The van der Waals surface area contributed by atoms with Crippen LogP contribution in [-0.4, -0.2) is 10.8 Å². The quantitative estimate of drug-likeness (QED) is 0.582. The van der Waals surface area contributed by atoms with Crippen LogP contribution in [0, 0.1) is 11.3 Å². The predicted molar refractivity (Wildman–Crippen MR) is 87.7 cm³/mol. The molecule has 1 N–H and O–H groups in total. The lowest BCUT2D eigenvalue weighted by Crippen LogP contribution is -1.94. The summed E-state index contributed by atoms with van der Waals surface area (Å²) < 4.78 is 5.57. The molecule has 2 aromatic carbocycles. The van der Waals surface area contributed by atoms with Crippen LogP contribution in [0.5, 0.6) is 0 Å². The first-order chi connectivity index (χ1) is 11.2. The number of rotatable bonds is 4. The number of anilines is 1. The van der Waals surface area contributed by atoms with E-state index in [9.17, 15) is 10.1 Å². The molecule has 0 saturated heterocycles. The molecule has 3 aromatic rings. The van der Waals surface area contributed by atoms with Crippen LogP contribution in [-0.2, 0) is 0 Å². The van der Waals surface area contributed by atoms with Crippen LogP contribution < -0.4 is 5.32 Å². The van der Waals surface area contributed by atoms with Crippen LogP contribution in [0.15, 0.2) is 59.1 Å². The molecular weight excluding hydrogens is 290 g/mol. The maximum atomic E-state index is 11.2. The number of para-hydroxylation sites is 2. The zero-order chi connectivity index (χ0) is 16.2. The number of hydrogen-bond donors (Lipinski definition) is 1. The SMILES string of the molecule is CC(=O)c1ccc(N/C=C(/C#N)c2nc3ccccc3o2)cc1. The second-order valence-corrected chi connectivity index (χ2v) is 4.93. The molecule has 0 radical (unpaired) electrons. The topological polar surface area (TPSA) is 78.9 Å². The van der Waals surface area contributed by atoms with Crippen molar-refractivity contribution < 1.29 is 9.21 Å². The molecule has 0 atom stereocenters. The van der Waals surface area contributed by atoms with Crippen molar-refractivity contribution in [3.63, 3.8) is 0 Å². The molecule has 23 heavy (non-hydrogen) atoms. The van der Waals surface area contributed by atoms with Crippen LogP contribution in [0.2, 0.25) is 0 Å². The number of hydrogen-bond acceptors (Lipinski definition) is 5. The van der Waals surface area contributed by atoms with Gasteiger partial charge in [0.15, 0.2) is 11.4 Å². The molecular formula is C18H13N3O2. The third kappa shape index (κ3) is 3.11. The highest BCUT2D eigenvalue weighted by atomic mass is 16.3. The van der Waals surface area contributed by atoms with E-state index in [2.05, 4.69) is 16.4 Å². The van der Waals surface area contributed by atoms with Crippen LogP contribution in [0.1, 0.15) is 23.2 Å². The monoisotopic (exact) mass is 303 g/mol. The first-order valence-electron chi connectivity index (χ1n) is 7.01. The van der Waals surface area contributed by atoms with Crippen LogP contribution in [0.4, 0.5) is 5.69 Å². The van der Waals surface area contributed by atoms with E-state index >= 15 is 0 Å². The lowest BCUT2D eigenvalue weighted by atomic mass is 10.1. The standard InChI is InChI=1S/C18H13N3O2/c1-12(22)13-6-8-15(9-7-13)20-11-14(10-19)18-21-16-4-2-3-5-17(16)23-18/h2-9,11,20H,1H3/b14-11-. The maximum Gasteiger partial charge on any atom is 0.239 e. The second kappa shape index (κ2) is 6.16. The van der Waals surface area contributed by atoms with Crippen LogP contribution >= 0.6 is 0 Å². The molecule has 1 aromatic heterocycles. The zero-order valence-corrected chi connectivity index (χ0v) is 12.4. The zero-order valence-electron chi connectivity index (χ0n) is 12.4. The van der Waals surface area contributed by atoms with Gasteiger partial charge >= 0.3 is 0 Å². The van der Waals surface area contributed by atoms with E-state index in [0.29, 0.717) is 16.7 Å². The number of allylic oxidation sites excluding steroid dienone is 1. The first-order valence-corrected chi connectivity index (χ1v) is 7.01. The van der Waals surface area contributed by atoms with Crippen molar-refractivity contribution in [1.29, 1.82) is 5.26 Å². The van der Waals surface area contributed by atoms with Crippen molar-refractivity contribution in [2.45, 2.75) is 6.92 Å². The van der Waals surface area contributed by atoms with E-state index in [1.807, 2.05) is 18.2 Å². The van der Waals surface area contributed by atoms with Crippen LogP contribution in [0.3, 0.4) is 0 Å². The number of nitrogens with zero attached hydrogens (tertiary/aromatic N) is 2. The summed E-state index contributed by atoms with van der Waals surface area (Å²) in [5, 5.41) is 12.3. The summed E-state index contributed by atoms with van der Waals surface area (Å²) in [6.07, 6.45) is 1.54. The smallest absolute Gasteiger partial charge is 0.239 e. The van der Waals surface area contributed by atoms with E-state index in [1.54, 1.807) is 30.3 Å². The first kappa shape index (κ1) is 14.5. The lowest BCUT2D eigenvalue weighted by Gasteiger charge is -2.02. The third-order valence-electron chi connectivity index (χ3n) is 3.32. The Morgan fingerprint density at radius 3 is 2.61 bits per heavy atom. The van der Waals surface area contributed by atoms with Crippen molar-refractivity contribution in [3.05, 3.63) is 66.2 Å². The third-order valence-corrected chi connectivity index (χ3v) is 3.32. The number of carbonyl (C=O) groups excluding carboxylic acids is 1. The lowest BCUT2D eigenvalue weighted by molar-refractivity contribution is 0.101. The van der Waals surface area contributed by atoms with Crippen LogP contribution in [0.25, 0.3) is 16.7 Å². The van der Waals surface area contributed by atoms with E-state index in [0.717, 1.165) is 5.69 Å². The summed E-state index contributed by atoms with van der Waals surface area (Å²) in [7, 11) is 0. The summed E-state index contributed by atoms with van der Waals surface area (Å²) in [5.41, 5.74) is 3.03. The van der Waals surface area contributed by atoms with Gasteiger partial charge in [-0.25, -0.2) is 4.98 Å². The van der Waals surface area contributed by atoms with Gasteiger partial charge in [-0.1, -0.05) is 12.1 Å². The Bertz CT molecular complexity index is 898. The highest BCUT2D eigenvalue weighted by Gasteiger charge is 2.10. The molecule has 0 aliphatic rings. The summed E-state index contributed by atoms with van der Waals surface area (Å²) in [6, 6.07) is 16.4. The van der Waals surface area contributed by atoms with Gasteiger partial charge in [-0.05, 0) is 43.3 Å². The van der Waals surface area contributed by atoms with Gasteiger partial charge in [0.1, 0.15) is 17.2 Å². The summed E-state index contributed by atoms with van der Waals surface area (Å²) in [5.74, 6) is 0.276. The largest absolute Gasteiger partial charge is 0.435 e. The van der Waals surface area contributed by atoms with Crippen molar-refractivity contribution in [2.75, 3.05) is 5.32 Å². The minimum absolute atomic E-state index is 0.0104. The number of carbonyl (C=O) groups is 1. The Labute approximate surface area is 132 Å². The highest BCUT2D eigenvalue weighted by Crippen LogP contribution is 2.20. The molecule has 0 amide bonds. The molecule has 112 valence electrons. The Balaban J connectivity index is 1.84. The second-order valence-electron chi connectivity index (χ2n) is 4.93. The Hall–Kier alpha value is -3.39. The number of ketones is 1. The van der Waals surface area contributed by atoms with Gasteiger partial charge < -0.3 is 9.73 Å². The number of nitriles is 1. The average molecular weight is 303 g/mol. The predicted octanol–water partition coefficient (Wildman–Crippen LogP) is 4.01. The van der Waals surface area contributed by atoms with Crippen molar-refractivity contribution in [2.24, 2.45) is 0 Å². The molecule has 0 unspecified atom stereocenters. The average Bonchev–Trinajstić information content (AvgIpc) is 2.99. The molecule has 0 aliphatic carbocycles. The van der Waals surface area contributed by atoms with Crippen molar-refractivity contribution in [1.82, 2.24) is 4.98 Å². The molecule has 5 heteroatoms. The Morgan fingerprint density at radius 2 is 1.96 bits per heavy atom. The maximum absolute atomic E-state index is 11.2. The fraction of sp³-hybridized carbons (Fsp3) is 0.0556. The van der Waals surface area contributed by atoms with Gasteiger partial charge in [0.05, 0.1) is 0 Å². The summed E-state index contributed by atoms with van der Waals surface area (Å²) in [4.78, 5) is 15.5. The van der Waals surface area contributed by atoms with Gasteiger partial charge in [0, 0.05) is 17.5 Å². The molecule has 0 saturated carbocycles. The number of benzene rings is 2. The van der Waals surface area contributed by atoms with Crippen molar-refractivity contribution in [3.8, 4) is 6.07 Å². The minimum atomic E-state index is 0.0104. The number of fused-ring (bicyclic) bond motifs is 1. The van der Waals surface area contributed by atoms with Crippen molar-refractivity contribution >= 4 is 28.1 Å². The highest BCUT2D eigenvalue weighted by molar-refractivity contribution is 5.94. The Kier molecular flexibility index (Phi) is 3.89. The van der Waals surface area contributed by atoms with Gasteiger partial charge in [0.25, 0.3) is 0 Å². The molecule has 0 fully saturated rings. The molecule has 0 bridgehead atoms. The number of aromatic nitrogens is 1. The van der Waals surface area contributed by atoms with E-state index < -0.39 is 0 Å². The minimum Gasteiger partial charge on any atom is -0.435 e. The van der Waals surface area contributed by atoms with E-state index in [-0.39, 0.29) is 17.2 Å². The molecule has 0 spiro atoms. The van der Waals surface area contributed by atoms with Gasteiger partial charge in [-0.3, -0.25) is 4.79 Å². The number of Topliss-reactive ketones (excluding diaryl/α,β-unsaturated/α-hetero) is 1. The normalized spacial score (nSPS) is 11.2. The van der Waals surface area contributed by atoms with E-state index in [1.165, 1.54) is 13.1 Å². The van der Waals surface area contributed by atoms with E-state index in [4.69, 9.17) is 4.42 Å². The molecule has 5 nitrogen and oxygen atoms in total. The summed E-state index contributed by atoms with van der Waals surface area (Å²) >= 11 is 0. The molecule has 1 heterocycles. The molecule has 0 aliphatic heterocycles. The number of nitrogens with one attached hydrogen (secondary N) is 1. The summed E-state index contributed by atoms with van der Waals surface area (Å²) in [6.45, 7) is 1.52. The fourth-order valence-corrected chi connectivity index (χ4v) is 2.09. The fourth-order valence-electron chi connectivity index (χ4n) is 2.09. The Morgan fingerprint density at radius 1 is 1.22 bits per heavy atom. The van der Waals surface area contributed by atoms with Gasteiger partial charge in [-0.15, -0.1) is 0 Å². The number of oxazole rings is 1. The van der Waals surface area contributed by atoms with Gasteiger partial charge in [0.2, 0.25) is 5.89 Å².